The predicted octanol–water partition coefficient (Wildman–Crippen LogP) is 4.16. The van der Waals surface area contributed by atoms with Crippen LogP contribution >= 0.6 is 0 Å². The van der Waals surface area contributed by atoms with Crippen LogP contribution in [0.1, 0.15) is 6.42 Å². The smallest absolute Gasteiger partial charge is 0.226 e. The number of carbonyl (C=O) groups excluding carboxylic acids is 1. The number of carbonyl (C=O) groups is 1. The van der Waals surface area contributed by atoms with E-state index in [1.807, 2.05) is 54.6 Å². The van der Waals surface area contributed by atoms with E-state index >= 15 is 0 Å². The molecule has 0 saturated carbocycles. The van der Waals surface area contributed by atoms with E-state index in [1.54, 1.807) is 18.5 Å². The molecule has 3 heterocycles. The minimum Gasteiger partial charge on any atom is -0.325 e. The molecule has 3 aromatic heterocycles. The fourth-order valence-electron chi connectivity index (χ4n) is 3.48. The van der Waals surface area contributed by atoms with Gasteiger partial charge in [-0.3, -0.25) is 9.78 Å². The number of anilines is 1. The zero-order chi connectivity index (χ0) is 18.9. The average Bonchev–Trinajstić information content (AvgIpc) is 3.04. The van der Waals surface area contributed by atoms with Gasteiger partial charge in [0.15, 0.2) is 5.65 Å². The first-order valence-electron chi connectivity index (χ1n) is 9.13. The molecule has 136 valence electrons. The molecule has 0 saturated heterocycles. The first-order chi connectivity index (χ1) is 13.8. The summed E-state index contributed by atoms with van der Waals surface area (Å²) in [6.07, 6.45) is 3.64. The number of fused-ring (bicyclic) bond motifs is 4. The molecule has 1 N–H and O–H groups in total. The Morgan fingerprint density at radius 2 is 1.71 bits per heavy atom. The largest absolute Gasteiger partial charge is 0.325 e. The van der Waals surface area contributed by atoms with Crippen LogP contribution in [0.5, 0.6) is 0 Å². The number of aryl methyl sites for hydroxylation is 1. The number of benzene rings is 2. The number of hydrogen-bond donors (Lipinski definition) is 1. The molecule has 0 bridgehead atoms. The summed E-state index contributed by atoms with van der Waals surface area (Å²) in [4.78, 5) is 26.1. The van der Waals surface area contributed by atoms with E-state index < -0.39 is 0 Å². The molecule has 0 aliphatic carbocycles. The van der Waals surface area contributed by atoms with Crippen molar-refractivity contribution in [3.8, 4) is 0 Å². The third-order valence-corrected chi connectivity index (χ3v) is 4.77. The van der Waals surface area contributed by atoms with Crippen LogP contribution < -0.4 is 5.32 Å². The SMILES string of the molecule is O=C(CCn1c2ccccc2c2nc3ccccc3nc21)Nc1cccnc1. The second-order valence-corrected chi connectivity index (χ2v) is 6.59. The van der Waals surface area contributed by atoms with Crippen molar-refractivity contribution < 1.29 is 4.79 Å². The lowest BCUT2D eigenvalue weighted by Crippen LogP contribution is -2.14. The zero-order valence-corrected chi connectivity index (χ0v) is 15.0. The van der Waals surface area contributed by atoms with Gasteiger partial charge in [0, 0.05) is 24.5 Å². The molecule has 0 radical (unpaired) electrons. The molecular formula is C22H17N5O. The molecule has 5 aromatic rings. The van der Waals surface area contributed by atoms with Crippen molar-refractivity contribution in [2.75, 3.05) is 5.32 Å². The van der Waals surface area contributed by atoms with Crippen LogP contribution in [0.4, 0.5) is 5.69 Å². The number of rotatable bonds is 4. The molecular weight excluding hydrogens is 350 g/mol. The third-order valence-electron chi connectivity index (χ3n) is 4.77. The van der Waals surface area contributed by atoms with Crippen molar-refractivity contribution in [2.24, 2.45) is 0 Å². The molecule has 5 rings (SSSR count). The minimum atomic E-state index is -0.0623. The molecule has 0 atom stereocenters. The quantitative estimate of drug-likeness (QED) is 0.518. The van der Waals surface area contributed by atoms with Crippen molar-refractivity contribution in [2.45, 2.75) is 13.0 Å². The van der Waals surface area contributed by atoms with Crippen LogP contribution in [-0.2, 0) is 11.3 Å². The molecule has 0 unspecified atom stereocenters. The molecule has 2 aromatic carbocycles. The Bertz CT molecular complexity index is 1310. The van der Waals surface area contributed by atoms with Gasteiger partial charge in [-0.2, -0.15) is 0 Å². The van der Waals surface area contributed by atoms with E-state index in [4.69, 9.17) is 9.97 Å². The second kappa shape index (κ2) is 6.74. The van der Waals surface area contributed by atoms with E-state index in [0.717, 1.165) is 33.1 Å². The van der Waals surface area contributed by atoms with Gasteiger partial charge in [-0.1, -0.05) is 30.3 Å². The van der Waals surface area contributed by atoms with Crippen molar-refractivity contribution in [3.05, 3.63) is 73.1 Å². The maximum atomic E-state index is 12.4. The zero-order valence-electron chi connectivity index (χ0n) is 15.0. The summed E-state index contributed by atoms with van der Waals surface area (Å²) in [7, 11) is 0. The Kier molecular flexibility index (Phi) is 3.94. The summed E-state index contributed by atoms with van der Waals surface area (Å²) in [5, 5.41) is 3.92. The molecule has 0 fully saturated rings. The number of para-hydroxylation sites is 3. The van der Waals surface area contributed by atoms with Crippen LogP contribution in [-0.4, -0.2) is 25.4 Å². The first-order valence-corrected chi connectivity index (χ1v) is 9.13. The average molecular weight is 367 g/mol. The Morgan fingerprint density at radius 1 is 0.929 bits per heavy atom. The van der Waals surface area contributed by atoms with Crippen LogP contribution in [0.2, 0.25) is 0 Å². The van der Waals surface area contributed by atoms with Crippen molar-refractivity contribution >= 4 is 44.7 Å². The summed E-state index contributed by atoms with van der Waals surface area (Å²) in [5.41, 5.74) is 5.10. The van der Waals surface area contributed by atoms with E-state index in [9.17, 15) is 4.79 Å². The number of amides is 1. The van der Waals surface area contributed by atoms with E-state index in [2.05, 4.69) is 14.9 Å². The summed E-state index contributed by atoms with van der Waals surface area (Å²) in [6, 6.07) is 19.5. The fraction of sp³-hybridized carbons (Fsp3) is 0.0909. The van der Waals surface area contributed by atoms with Gasteiger partial charge in [0.2, 0.25) is 5.91 Å². The minimum absolute atomic E-state index is 0.0623. The topological polar surface area (TPSA) is 72.7 Å². The van der Waals surface area contributed by atoms with Crippen LogP contribution in [0.25, 0.3) is 33.1 Å². The molecule has 6 heteroatoms. The van der Waals surface area contributed by atoms with Crippen molar-refractivity contribution in [1.29, 1.82) is 0 Å². The highest BCUT2D eigenvalue weighted by Gasteiger charge is 2.15. The fourth-order valence-corrected chi connectivity index (χ4v) is 3.48. The second-order valence-electron chi connectivity index (χ2n) is 6.59. The number of aromatic nitrogens is 4. The van der Waals surface area contributed by atoms with Crippen molar-refractivity contribution in [1.82, 2.24) is 19.5 Å². The van der Waals surface area contributed by atoms with E-state index in [0.29, 0.717) is 18.7 Å². The Morgan fingerprint density at radius 3 is 2.54 bits per heavy atom. The molecule has 0 aliphatic rings. The Balaban J connectivity index is 1.54. The summed E-state index contributed by atoms with van der Waals surface area (Å²) >= 11 is 0. The summed E-state index contributed by atoms with van der Waals surface area (Å²) in [5.74, 6) is -0.0623. The maximum Gasteiger partial charge on any atom is 0.226 e. The van der Waals surface area contributed by atoms with E-state index in [-0.39, 0.29) is 5.91 Å². The van der Waals surface area contributed by atoms with Crippen LogP contribution in [0.3, 0.4) is 0 Å². The monoisotopic (exact) mass is 367 g/mol. The highest BCUT2D eigenvalue weighted by molar-refractivity contribution is 6.06. The number of nitrogens with one attached hydrogen (secondary N) is 1. The van der Waals surface area contributed by atoms with Gasteiger partial charge in [0.05, 0.1) is 28.4 Å². The number of nitrogens with zero attached hydrogens (tertiary/aromatic N) is 4. The van der Waals surface area contributed by atoms with Gasteiger partial charge in [0.1, 0.15) is 5.52 Å². The Labute approximate surface area is 160 Å². The maximum absolute atomic E-state index is 12.4. The van der Waals surface area contributed by atoms with Crippen molar-refractivity contribution in [3.63, 3.8) is 0 Å². The number of pyridine rings is 1. The normalized spacial score (nSPS) is 11.3. The van der Waals surface area contributed by atoms with Gasteiger partial charge in [0.25, 0.3) is 0 Å². The predicted molar refractivity (Wildman–Crippen MR) is 110 cm³/mol. The Hall–Kier alpha value is -3.80. The highest BCUT2D eigenvalue weighted by atomic mass is 16.1. The van der Waals surface area contributed by atoms with Gasteiger partial charge in [-0.05, 0) is 30.3 Å². The first kappa shape index (κ1) is 16.4. The number of hydrogen-bond acceptors (Lipinski definition) is 4. The van der Waals surface area contributed by atoms with Crippen LogP contribution in [0, 0.1) is 0 Å². The van der Waals surface area contributed by atoms with Gasteiger partial charge >= 0.3 is 0 Å². The lowest BCUT2D eigenvalue weighted by atomic mass is 10.2. The molecule has 28 heavy (non-hydrogen) atoms. The van der Waals surface area contributed by atoms with Gasteiger partial charge in [-0.25, -0.2) is 9.97 Å². The summed E-state index contributed by atoms with van der Waals surface area (Å²) in [6.45, 7) is 0.517. The molecule has 0 spiro atoms. The third kappa shape index (κ3) is 2.85. The highest BCUT2D eigenvalue weighted by Crippen LogP contribution is 2.28. The molecule has 0 aliphatic heterocycles. The molecule has 6 nitrogen and oxygen atoms in total. The standard InChI is InChI=1S/C22H17N5O/c28-20(24-15-6-5-12-23-14-15)11-13-27-19-10-4-1-7-16(19)21-22(27)26-18-9-3-2-8-17(18)25-21/h1-10,12,14H,11,13H2,(H,24,28). The lowest BCUT2D eigenvalue weighted by Gasteiger charge is -2.08. The molecule has 1 amide bonds. The van der Waals surface area contributed by atoms with Gasteiger partial charge < -0.3 is 9.88 Å². The van der Waals surface area contributed by atoms with E-state index in [1.165, 1.54) is 0 Å². The van der Waals surface area contributed by atoms with Gasteiger partial charge in [-0.15, -0.1) is 0 Å². The summed E-state index contributed by atoms with van der Waals surface area (Å²) < 4.78 is 2.08. The lowest BCUT2D eigenvalue weighted by molar-refractivity contribution is -0.116. The van der Waals surface area contributed by atoms with Crippen LogP contribution in [0.15, 0.2) is 73.1 Å².